The molecule has 2 saturated heterocycles. The summed E-state index contributed by atoms with van der Waals surface area (Å²) in [6.45, 7) is 0.942. The average molecular weight is 429 g/mol. The van der Waals surface area contributed by atoms with Crippen molar-refractivity contribution in [3.05, 3.63) is 96.3 Å². The summed E-state index contributed by atoms with van der Waals surface area (Å²) >= 11 is 0. The van der Waals surface area contributed by atoms with E-state index in [-0.39, 0.29) is 18.0 Å². The summed E-state index contributed by atoms with van der Waals surface area (Å²) in [5.74, 6) is -0.282. The Bertz CT molecular complexity index is 1130. The SMILES string of the molecule is O=C(Nc1cccc(F)c1)N1CCC2(CC1)C(=O)N(c1ccccc1)C2c1ccccc1. The number of carbonyl (C=O) groups is 2. The van der Waals surface area contributed by atoms with Gasteiger partial charge in [-0.05, 0) is 48.7 Å². The standard InChI is InChI=1S/C26H24FN3O2/c27-20-10-7-11-21(18-20)28-25(32)29-16-14-26(15-17-29)23(19-8-3-1-4-9-19)30(24(26)31)22-12-5-2-6-13-22/h1-13,18,23H,14-17H2,(H,28,32). The van der Waals surface area contributed by atoms with Crippen molar-refractivity contribution in [1.29, 1.82) is 0 Å². The van der Waals surface area contributed by atoms with Crippen molar-refractivity contribution in [1.82, 2.24) is 4.90 Å². The predicted molar refractivity (Wildman–Crippen MR) is 122 cm³/mol. The lowest BCUT2D eigenvalue weighted by Gasteiger charge is -2.59. The number of β-lactam (4-membered cyclic amide) rings is 1. The van der Waals surface area contributed by atoms with E-state index in [0.717, 1.165) is 11.3 Å². The molecule has 0 radical (unpaired) electrons. The number of urea groups is 1. The second-order valence-electron chi connectivity index (χ2n) is 8.41. The third-order valence-electron chi connectivity index (χ3n) is 6.59. The van der Waals surface area contributed by atoms with Gasteiger partial charge in [-0.2, -0.15) is 0 Å². The van der Waals surface area contributed by atoms with Gasteiger partial charge in [-0.3, -0.25) is 4.79 Å². The minimum atomic E-state index is -0.521. The van der Waals surface area contributed by atoms with E-state index in [2.05, 4.69) is 17.4 Å². The molecule has 1 atom stereocenters. The van der Waals surface area contributed by atoms with Gasteiger partial charge in [-0.1, -0.05) is 54.6 Å². The van der Waals surface area contributed by atoms with E-state index in [1.54, 1.807) is 17.0 Å². The molecule has 6 heteroatoms. The first-order valence-electron chi connectivity index (χ1n) is 10.8. The van der Waals surface area contributed by atoms with Gasteiger partial charge >= 0.3 is 6.03 Å². The Morgan fingerprint density at radius 1 is 0.906 bits per heavy atom. The fourth-order valence-electron chi connectivity index (χ4n) is 4.98. The molecule has 2 fully saturated rings. The van der Waals surface area contributed by atoms with Gasteiger partial charge in [0, 0.05) is 24.5 Å². The normalized spacial score (nSPS) is 19.5. The van der Waals surface area contributed by atoms with Gasteiger partial charge in [0.05, 0.1) is 11.5 Å². The number of nitrogens with zero attached hydrogens (tertiary/aromatic N) is 2. The molecule has 1 unspecified atom stereocenters. The zero-order valence-electron chi connectivity index (χ0n) is 17.6. The van der Waals surface area contributed by atoms with Crippen LogP contribution in [0.1, 0.15) is 24.4 Å². The van der Waals surface area contributed by atoms with Crippen molar-refractivity contribution in [3.8, 4) is 0 Å². The molecule has 0 aromatic heterocycles. The lowest BCUT2D eigenvalue weighted by atomic mass is 9.62. The number of piperidine rings is 1. The Balaban J connectivity index is 1.35. The summed E-state index contributed by atoms with van der Waals surface area (Å²) in [6, 6.07) is 25.4. The Labute approximate surface area is 186 Å². The minimum absolute atomic E-state index is 0.0629. The van der Waals surface area contributed by atoms with E-state index in [9.17, 15) is 14.0 Å². The first kappa shape index (κ1) is 20.2. The Morgan fingerprint density at radius 3 is 2.22 bits per heavy atom. The molecular weight excluding hydrogens is 405 g/mol. The van der Waals surface area contributed by atoms with E-state index >= 15 is 0 Å². The van der Waals surface area contributed by atoms with Crippen LogP contribution in [0.3, 0.4) is 0 Å². The van der Waals surface area contributed by atoms with Crippen molar-refractivity contribution in [3.63, 3.8) is 0 Å². The number of halogens is 1. The summed E-state index contributed by atoms with van der Waals surface area (Å²) in [7, 11) is 0. The summed E-state index contributed by atoms with van der Waals surface area (Å²) < 4.78 is 13.4. The number of amides is 3. The van der Waals surface area contributed by atoms with Crippen molar-refractivity contribution >= 4 is 23.3 Å². The van der Waals surface area contributed by atoms with Crippen molar-refractivity contribution in [2.75, 3.05) is 23.3 Å². The molecule has 3 aromatic rings. The topological polar surface area (TPSA) is 52.7 Å². The lowest BCUT2D eigenvalue weighted by Crippen LogP contribution is -2.67. The quantitative estimate of drug-likeness (QED) is 0.580. The fourth-order valence-corrected chi connectivity index (χ4v) is 4.98. The third-order valence-corrected chi connectivity index (χ3v) is 6.59. The number of benzene rings is 3. The number of rotatable bonds is 3. The number of carbonyl (C=O) groups excluding carboxylic acids is 2. The number of hydrogen-bond acceptors (Lipinski definition) is 2. The number of likely N-dealkylation sites (tertiary alicyclic amines) is 1. The molecule has 2 aliphatic heterocycles. The summed E-state index contributed by atoms with van der Waals surface area (Å²) in [6.07, 6.45) is 1.18. The van der Waals surface area contributed by atoms with Gasteiger partial charge in [0.15, 0.2) is 0 Å². The van der Waals surface area contributed by atoms with Crippen molar-refractivity contribution in [2.45, 2.75) is 18.9 Å². The maximum absolute atomic E-state index is 13.5. The van der Waals surface area contributed by atoms with Gasteiger partial charge in [0.2, 0.25) is 5.91 Å². The maximum Gasteiger partial charge on any atom is 0.321 e. The van der Waals surface area contributed by atoms with E-state index in [0.29, 0.717) is 31.6 Å². The largest absolute Gasteiger partial charge is 0.324 e. The van der Waals surface area contributed by atoms with Crippen LogP contribution in [0.4, 0.5) is 20.6 Å². The molecular formula is C26H24FN3O2. The van der Waals surface area contributed by atoms with Gasteiger partial charge in [0.25, 0.3) is 0 Å². The monoisotopic (exact) mass is 429 g/mol. The third kappa shape index (κ3) is 3.42. The van der Waals surface area contributed by atoms with Gasteiger partial charge < -0.3 is 15.1 Å². The second-order valence-corrected chi connectivity index (χ2v) is 8.41. The lowest BCUT2D eigenvalue weighted by molar-refractivity contribution is -0.144. The Kier molecular flexibility index (Phi) is 5.13. The van der Waals surface area contributed by atoms with E-state index < -0.39 is 11.2 Å². The number of nitrogens with one attached hydrogen (secondary N) is 1. The molecule has 2 aliphatic rings. The van der Waals surface area contributed by atoms with Crippen LogP contribution in [0.25, 0.3) is 0 Å². The summed E-state index contributed by atoms with van der Waals surface area (Å²) in [5.41, 5.74) is 1.90. The number of anilines is 2. The summed E-state index contributed by atoms with van der Waals surface area (Å²) in [5, 5.41) is 2.76. The molecule has 2 heterocycles. The second kappa shape index (κ2) is 8.11. The average Bonchev–Trinajstić information content (AvgIpc) is 2.83. The van der Waals surface area contributed by atoms with Crippen molar-refractivity contribution in [2.24, 2.45) is 5.41 Å². The molecule has 5 nitrogen and oxygen atoms in total. The number of hydrogen-bond donors (Lipinski definition) is 1. The first-order valence-corrected chi connectivity index (χ1v) is 10.8. The molecule has 3 amide bonds. The maximum atomic E-state index is 13.5. The van der Waals surface area contributed by atoms with Crippen LogP contribution >= 0.6 is 0 Å². The van der Waals surface area contributed by atoms with Gasteiger partial charge in [-0.25, -0.2) is 9.18 Å². The molecule has 3 aromatic carbocycles. The smallest absolute Gasteiger partial charge is 0.321 e. The van der Waals surface area contributed by atoms with Crippen LogP contribution in [0, 0.1) is 11.2 Å². The van der Waals surface area contributed by atoms with E-state index in [1.807, 2.05) is 53.4 Å². The van der Waals surface area contributed by atoms with Crippen LogP contribution in [-0.2, 0) is 4.79 Å². The van der Waals surface area contributed by atoms with Crippen LogP contribution in [0.2, 0.25) is 0 Å². The van der Waals surface area contributed by atoms with Crippen LogP contribution in [0.15, 0.2) is 84.9 Å². The van der Waals surface area contributed by atoms with Gasteiger partial charge in [0.1, 0.15) is 5.82 Å². The molecule has 0 saturated carbocycles. The molecule has 1 spiro atoms. The predicted octanol–water partition coefficient (Wildman–Crippen LogP) is 5.23. The molecule has 5 rings (SSSR count). The molecule has 0 bridgehead atoms. The molecule has 162 valence electrons. The van der Waals surface area contributed by atoms with Crippen molar-refractivity contribution < 1.29 is 14.0 Å². The highest BCUT2D eigenvalue weighted by atomic mass is 19.1. The highest BCUT2D eigenvalue weighted by molar-refractivity contribution is 6.06. The zero-order valence-corrected chi connectivity index (χ0v) is 17.6. The van der Waals surface area contributed by atoms with E-state index in [4.69, 9.17) is 0 Å². The fraction of sp³-hybridized carbons (Fsp3) is 0.231. The van der Waals surface area contributed by atoms with Gasteiger partial charge in [-0.15, -0.1) is 0 Å². The Morgan fingerprint density at radius 2 is 1.56 bits per heavy atom. The number of para-hydroxylation sites is 1. The van der Waals surface area contributed by atoms with E-state index in [1.165, 1.54) is 12.1 Å². The molecule has 0 aliphatic carbocycles. The zero-order chi connectivity index (χ0) is 22.1. The first-order chi connectivity index (χ1) is 15.6. The minimum Gasteiger partial charge on any atom is -0.324 e. The highest BCUT2D eigenvalue weighted by Crippen LogP contribution is 2.57. The Hall–Kier alpha value is -3.67. The molecule has 1 N–H and O–H groups in total. The van der Waals surface area contributed by atoms with Crippen LogP contribution < -0.4 is 10.2 Å². The van der Waals surface area contributed by atoms with Crippen LogP contribution in [-0.4, -0.2) is 29.9 Å². The summed E-state index contributed by atoms with van der Waals surface area (Å²) in [4.78, 5) is 29.8. The van der Waals surface area contributed by atoms with Crippen LogP contribution in [0.5, 0.6) is 0 Å². The highest BCUT2D eigenvalue weighted by Gasteiger charge is 2.62. The molecule has 32 heavy (non-hydrogen) atoms.